The van der Waals surface area contributed by atoms with Gasteiger partial charge in [-0.25, -0.2) is 4.98 Å². The molecule has 0 aromatic carbocycles. The molecule has 1 atom stereocenters. The van der Waals surface area contributed by atoms with Crippen LogP contribution < -0.4 is 15.4 Å². The molecule has 1 fully saturated rings. The van der Waals surface area contributed by atoms with Gasteiger partial charge in [0, 0.05) is 36.8 Å². The number of aromatic nitrogens is 1. The van der Waals surface area contributed by atoms with Gasteiger partial charge in [-0.05, 0) is 22.0 Å². The van der Waals surface area contributed by atoms with Gasteiger partial charge < -0.3 is 15.4 Å². The number of pyridine rings is 1. The topological polar surface area (TPSA) is 66.5 Å². The van der Waals surface area contributed by atoms with Gasteiger partial charge in [-0.3, -0.25) is 9.69 Å². The van der Waals surface area contributed by atoms with Gasteiger partial charge in [-0.15, -0.1) is 0 Å². The zero-order valence-electron chi connectivity index (χ0n) is 9.65. The Morgan fingerprint density at radius 2 is 2.22 bits per heavy atom. The number of nitrogens with one attached hydrogen (secondary N) is 2. The van der Waals surface area contributed by atoms with Crippen molar-refractivity contribution in [1.82, 2.24) is 15.2 Å². The van der Waals surface area contributed by atoms with Crippen molar-refractivity contribution >= 4 is 27.7 Å². The molecule has 1 unspecified atom stereocenters. The smallest absolute Gasteiger partial charge is 0.282 e. The molecule has 3 rings (SSSR count). The highest BCUT2D eigenvalue weighted by molar-refractivity contribution is 9.10. The third-order valence-electron chi connectivity index (χ3n) is 3.01. The van der Waals surface area contributed by atoms with Crippen molar-refractivity contribution < 1.29 is 9.53 Å². The first-order valence-corrected chi connectivity index (χ1v) is 6.61. The van der Waals surface area contributed by atoms with Crippen molar-refractivity contribution in [2.45, 2.75) is 6.23 Å². The van der Waals surface area contributed by atoms with Crippen LogP contribution >= 0.6 is 15.9 Å². The highest BCUT2D eigenvalue weighted by Crippen LogP contribution is 2.30. The van der Waals surface area contributed by atoms with Crippen LogP contribution in [0.2, 0.25) is 0 Å². The Bertz CT molecular complexity index is 476. The number of carbonyl (C=O) groups is 1. The minimum atomic E-state index is -0.560. The lowest BCUT2D eigenvalue weighted by Crippen LogP contribution is -2.56. The molecule has 6 nitrogen and oxygen atoms in total. The fraction of sp³-hybridized carbons (Fsp3) is 0.455. The molecule has 0 radical (unpaired) electrons. The van der Waals surface area contributed by atoms with E-state index in [1.807, 2.05) is 11.0 Å². The molecule has 0 aliphatic carbocycles. The third-order valence-corrected chi connectivity index (χ3v) is 3.44. The molecule has 1 aromatic heterocycles. The van der Waals surface area contributed by atoms with E-state index in [1.54, 1.807) is 6.20 Å². The van der Waals surface area contributed by atoms with Crippen LogP contribution in [0.25, 0.3) is 0 Å². The predicted octanol–water partition coefficient (Wildman–Crippen LogP) is 0.406. The highest BCUT2D eigenvalue weighted by atomic mass is 79.9. The number of rotatable bonds is 1. The number of amides is 1. The highest BCUT2D eigenvalue weighted by Gasteiger charge is 2.34. The van der Waals surface area contributed by atoms with Crippen molar-refractivity contribution in [3.05, 3.63) is 16.7 Å². The van der Waals surface area contributed by atoms with E-state index in [1.165, 1.54) is 0 Å². The van der Waals surface area contributed by atoms with Crippen LogP contribution in [0.4, 0.5) is 5.82 Å². The van der Waals surface area contributed by atoms with Crippen LogP contribution in [0, 0.1) is 0 Å². The molecule has 0 spiro atoms. The summed E-state index contributed by atoms with van der Waals surface area (Å²) >= 11 is 3.34. The zero-order valence-corrected chi connectivity index (χ0v) is 11.2. The quantitative estimate of drug-likeness (QED) is 0.786. The van der Waals surface area contributed by atoms with Gasteiger partial charge in [0.05, 0.1) is 0 Å². The van der Waals surface area contributed by atoms with Crippen LogP contribution in [0.5, 0.6) is 5.75 Å². The van der Waals surface area contributed by atoms with E-state index in [9.17, 15) is 4.79 Å². The molecule has 2 aliphatic heterocycles. The molecule has 0 bridgehead atoms. The molecule has 1 saturated heterocycles. The predicted molar refractivity (Wildman–Crippen MR) is 69.4 cm³/mol. The maximum Gasteiger partial charge on any atom is 0.282 e. The number of piperazine rings is 1. The number of carbonyl (C=O) groups excluding carboxylic acids is 1. The first-order chi connectivity index (χ1) is 8.74. The Labute approximate surface area is 113 Å². The van der Waals surface area contributed by atoms with Gasteiger partial charge in [0.15, 0.2) is 11.6 Å². The van der Waals surface area contributed by atoms with Gasteiger partial charge in [-0.2, -0.15) is 0 Å². The van der Waals surface area contributed by atoms with E-state index >= 15 is 0 Å². The van der Waals surface area contributed by atoms with Gasteiger partial charge >= 0.3 is 0 Å². The number of anilines is 1. The number of halogens is 1. The molecule has 2 N–H and O–H groups in total. The van der Waals surface area contributed by atoms with Crippen molar-refractivity contribution in [2.75, 3.05) is 31.5 Å². The van der Waals surface area contributed by atoms with Crippen molar-refractivity contribution in [3.63, 3.8) is 0 Å². The van der Waals surface area contributed by atoms with Crippen LogP contribution in [0.15, 0.2) is 16.7 Å². The van der Waals surface area contributed by atoms with E-state index in [4.69, 9.17) is 4.74 Å². The average Bonchev–Trinajstić information content (AvgIpc) is 2.39. The second-order valence-electron chi connectivity index (χ2n) is 4.25. The third kappa shape index (κ3) is 2.21. The van der Waals surface area contributed by atoms with E-state index in [-0.39, 0.29) is 5.91 Å². The normalized spacial score (nSPS) is 24.1. The molecule has 1 aromatic rings. The number of fused-ring (bicyclic) bond motifs is 1. The lowest BCUT2D eigenvalue weighted by atomic mass is 10.3. The van der Waals surface area contributed by atoms with Crippen LogP contribution in [-0.4, -0.2) is 48.2 Å². The summed E-state index contributed by atoms with van der Waals surface area (Å²) in [4.78, 5) is 18.1. The number of ether oxygens (including phenoxy) is 1. The van der Waals surface area contributed by atoms with E-state index < -0.39 is 6.23 Å². The molecule has 0 saturated carbocycles. The summed E-state index contributed by atoms with van der Waals surface area (Å²) in [5, 5.41) is 6.02. The molecule has 1 amide bonds. The second kappa shape index (κ2) is 4.83. The number of nitrogens with zero attached hydrogens (tertiary/aromatic N) is 2. The molecular weight excluding hydrogens is 300 g/mol. The fourth-order valence-electron chi connectivity index (χ4n) is 2.11. The standard InChI is InChI=1S/C11H13BrN4O2/c12-7-5-8-9(14-6-7)15-10(17)11(18-8)16-3-1-13-2-4-16/h5-6,11,13H,1-4H2,(H,14,15,17). The van der Waals surface area contributed by atoms with E-state index in [0.29, 0.717) is 11.6 Å². The summed E-state index contributed by atoms with van der Waals surface area (Å²) in [5.41, 5.74) is 0. The molecular formula is C11H13BrN4O2. The van der Waals surface area contributed by atoms with E-state index in [2.05, 4.69) is 31.5 Å². The number of hydrogen-bond acceptors (Lipinski definition) is 5. The van der Waals surface area contributed by atoms with Crippen LogP contribution in [0.1, 0.15) is 0 Å². The van der Waals surface area contributed by atoms with Crippen molar-refractivity contribution in [3.8, 4) is 5.75 Å². The summed E-state index contributed by atoms with van der Waals surface area (Å²) in [6, 6.07) is 1.82. The fourth-order valence-corrected chi connectivity index (χ4v) is 2.42. The lowest BCUT2D eigenvalue weighted by molar-refractivity contribution is -0.132. The van der Waals surface area contributed by atoms with Gasteiger partial charge in [0.2, 0.25) is 6.23 Å². The Morgan fingerprint density at radius 3 is 3.00 bits per heavy atom. The first kappa shape index (κ1) is 11.9. The van der Waals surface area contributed by atoms with E-state index in [0.717, 1.165) is 30.7 Å². The summed E-state index contributed by atoms with van der Waals surface area (Å²) in [6.45, 7) is 3.34. The molecule has 2 aliphatic rings. The van der Waals surface area contributed by atoms with Gasteiger partial charge in [0.1, 0.15) is 0 Å². The Kier molecular flexibility index (Phi) is 3.19. The SMILES string of the molecule is O=C1Nc2ncc(Br)cc2OC1N1CCNCC1. The maximum absolute atomic E-state index is 12.0. The minimum Gasteiger partial charge on any atom is -0.462 e. The number of hydrogen-bond donors (Lipinski definition) is 2. The van der Waals surface area contributed by atoms with Gasteiger partial charge in [-0.1, -0.05) is 0 Å². The Morgan fingerprint density at radius 1 is 1.44 bits per heavy atom. The lowest BCUT2D eigenvalue weighted by Gasteiger charge is -2.36. The second-order valence-corrected chi connectivity index (χ2v) is 5.16. The van der Waals surface area contributed by atoms with Crippen molar-refractivity contribution in [2.24, 2.45) is 0 Å². The largest absolute Gasteiger partial charge is 0.462 e. The summed E-state index contributed by atoms with van der Waals surface area (Å²) < 4.78 is 6.59. The van der Waals surface area contributed by atoms with Crippen molar-refractivity contribution in [1.29, 1.82) is 0 Å². The Balaban J connectivity index is 1.83. The van der Waals surface area contributed by atoms with Gasteiger partial charge in [0.25, 0.3) is 5.91 Å². The molecule has 3 heterocycles. The average molecular weight is 313 g/mol. The van der Waals surface area contributed by atoms with Crippen LogP contribution in [-0.2, 0) is 4.79 Å². The maximum atomic E-state index is 12.0. The first-order valence-electron chi connectivity index (χ1n) is 5.82. The summed E-state index contributed by atoms with van der Waals surface area (Å²) in [6.07, 6.45) is 1.07. The van der Waals surface area contributed by atoms with Crippen LogP contribution in [0.3, 0.4) is 0 Å². The molecule has 18 heavy (non-hydrogen) atoms. The molecule has 7 heteroatoms. The minimum absolute atomic E-state index is 0.153. The monoisotopic (exact) mass is 312 g/mol. The summed E-state index contributed by atoms with van der Waals surface area (Å²) in [5.74, 6) is 0.932. The zero-order chi connectivity index (χ0) is 12.5. The summed E-state index contributed by atoms with van der Waals surface area (Å²) in [7, 11) is 0. The Hall–Kier alpha value is -1.18. The molecule has 96 valence electrons.